The molecule has 1 atom stereocenters. The number of carboxylic acids is 1. The van der Waals surface area contributed by atoms with Crippen LogP contribution in [0, 0.1) is 0 Å². The van der Waals surface area contributed by atoms with Crippen molar-refractivity contribution in [1.29, 1.82) is 0 Å². The lowest BCUT2D eigenvalue weighted by molar-refractivity contribution is -0.138. The standard InChI is InChI=1S/C9H15NO4S/c1-3-7(5-10-6(2)11)15-9(14)4-8(12)13/h7H,3-5H2,1-2H3,(H,10,11)(H,12,13). The lowest BCUT2D eigenvalue weighted by Crippen LogP contribution is -2.29. The summed E-state index contributed by atoms with van der Waals surface area (Å²) in [5, 5.41) is 10.5. The third-order valence-electron chi connectivity index (χ3n) is 1.63. The molecule has 0 fully saturated rings. The highest BCUT2D eigenvalue weighted by molar-refractivity contribution is 8.14. The Bertz CT molecular complexity index is 254. The first-order chi connectivity index (χ1) is 6.95. The zero-order chi connectivity index (χ0) is 11.8. The van der Waals surface area contributed by atoms with Crippen molar-refractivity contribution < 1.29 is 19.5 Å². The summed E-state index contributed by atoms with van der Waals surface area (Å²) in [4.78, 5) is 32.0. The molecule has 0 aliphatic heterocycles. The van der Waals surface area contributed by atoms with E-state index in [1.54, 1.807) is 0 Å². The van der Waals surface area contributed by atoms with Gasteiger partial charge in [-0.15, -0.1) is 0 Å². The van der Waals surface area contributed by atoms with Crippen LogP contribution in [0.15, 0.2) is 0 Å². The zero-order valence-electron chi connectivity index (χ0n) is 8.78. The molecule has 0 aromatic carbocycles. The van der Waals surface area contributed by atoms with E-state index in [2.05, 4.69) is 5.32 Å². The van der Waals surface area contributed by atoms with E-state index >= 15 is 0 Å². The fourth-order valence-electron chi connectivity index (χ4n) is 0.878. The van der Waals surface area contributed by atoms with Crippen LogP contribution in [0.1, 0.15) is 26.7 Å². The minimum absolute atomic E-state index is 0.0549. The molecule has 5 nitrogen and oxygen atoms in total. The lowest BCUT2D eigenvalue weighted by Gasteiger charge is -2.12. The molecular formula is C9H15NO4S. The van der Waals surface area contributed by atoms with Gasteiger partial charge in [0.1, 0.15) is 6.42 Å². The highest BCUT2D eigenvalue weighted by Crippen LogP contribution is 2.16. The van der Waals surface area contributed by atoms with Crippen molar-refractivity contribution in [1.82, 2.24) is 5.32 Å². The molecule has 1 unspecified atom stereocenters. The number of carbonyl (C=O) groups is 3. The summed E-state index contributed by atoms with van der Waals surface area (Å²) in [5.41, 5.74) is 0. The average Bonchev–Trinajstić information content (AvgIpc) is 2.10. The van der Waals surface area contributed by atoms with Crippen LogP contribution >= 0.6 is 11.8 Å². The summed E-state index contributed by atoms with van der Waals surface area (Å²) in [6.45, 7) is 3.67. The SMILES string of the molecule is CCC(CNC(C)=O)SC(=O)CC(=O)O. The molecule has 86 valence electrons. The first kappa shape index (κ1) is 14.0. The fraction of sp³-hybridized carbons (Fsp3) is 0.667. The van der Waals surface area contributed by atoms with Crippen LogP contribution in [0.25, 0.3) is 0 Å². The van der Waals surface area contributed by atoms with Gasteiger partial charge in [-0.1, -0.05) is 18.7 Å². The van der Waals surface area contributed by atoms with Crippen molar-refractivity contribution in [3.63, 3.8) is 0 Å². The van der Waals surface area contributed by atoms with Gasteiger partial charge in [0.2, 0.25) is 5.91 Å². The first-order valence-electron chi connectivity index (χ1n) is 4.61. The molecule has 0 spiro atoms. The summed E-state index contributed by atoms with van der Waals surface area (Å²) < 4.78 is 0. The number of rotatable bonds is 6. The van der Waals surface area contributed by atoms with Gasteiger partial charge in [-0.05, 0) is 6.42 Å². The maximum Gasteiger partial charge on any atom is 0.311 e. The van der Waals surface area contributed by atoms with E-state index in [-0.39, 0.29) is 16.3 Å². The molecule has 0 saturated heterocycles. The lowest BCUT2D eigenvalue weighted by atomic mass is 10.3. The minimum atomic E-state index is -1.12. The van der Waals surface area contributed by atoms with Crippen molar-refractivity contribution in [2.24, 2.45) is 0 Å². The van der Waals surface area contributed by atoms with Crippen LogP contribution in [0.5, 0.6) is 0 Å². The predicted molar refractivity (Wildman–Crippen MR) is 57.6 cm³/mol. The number of hydrogen-bond donors (Lipinski definition) is 2. The molecule has 0 heterocycles. The maximum absolute atomic E-state index is 11.1. The monoisotopic (exact) mass is 233 g/mol. The van der Waals surface area contributed by atoms with E-state index < -0.39 is 12.4 Å². The topological polar surface area (TPSA) is 83.5 Å². The van der Waals surface area contributed by atoms with Crippen molar-refractivity contribution in [2.45, 2.75) is 31.9 Å². The average molecular weight is 233 g/mol. The van der Waals surface area contributed by atoms with Crippen LogP contribution in [0.3, 0.4) is 0 Å². The molecular weight excluding hydrogens is 218 g/mol. The molecule has 0 rings (SSSR count). The molecule has 0 aromatic rings. The van der Waals surface area contributed by atoms with Crippen molar-refractivity contribution in [2.75, 3.05) is 6.54 Å². The Balaban J connectivity index is 3.92. The highest BCUT2D eigenvalue weighted by atomic mass is 32.2. The van der Waals surface area contributed by atoms with Crippen molar-refractivity contribution >= 4 is 28.8 Å². The van der Waals surface area contributed by atoms with Crippen LogP contribution in [-0.2, 0) is 14.4 Å². The van der Waals surface area contributed by atoms with E-state index in [4.69, 9.17) is 5.11 Å². The second-order valence-electron chi connectivity index (χ2n) is 3.03. The molecule has 0 saturated carbocycles. The molecule has 0 bridgehead atoms. The molecule has 1 amide bonds. The Morgan fingerprint density at radius 3 is 2.40 bits per heavy atom. The Morgan fingerprint density at radius 2 is 2.00 bits per heavy atom. The van der Waals surface area contributed by atoms with Gasteiger partial charge in [0.25, 0.3) is 0 Å². The number of carbonyl (C=O) groups excluding carboxylic acids is 2. The summed E-state index contributed by atoms with van der Waals surface area (Å²) in [5.74, 6) is -1.28. The van der Waals surface area contributed by atoms with Crippen LogP contribution in [0.2, 0.25) is 0 Å². The third kappa shape index (κ3) is 7.99. The largest absolute Gasteiger partial charge is 0.481 e. The Hall–Kier alpha value is -1.04. The number of aliphatic carboxylic acids is 1. The summed E-state index contributed by atoms with van der Waals surface area (Å²) >= 11 is 0.981. The van der Waals surface area contributed by atoms with Gasteiger partial charge in [-0.25, -0.2) is 0 Å². The number of thioether (sulfide) groups is 1. The van der Waals surface area contributed by atoms with Crippen LogP contribution in [0.4, 0.5) is 0 Å². The number of carboxylic acid groups (broad SMARTS) is 1. The first-order valence-corrected chi connectivity index (χ1v) is 5.49. The second kappa shape index (κ2) is 7.28. The minimum Gasteiger partial charge on any atom is -0.481 e. The molecule has 0 aromatic heterocycles. The van der Waals surface area contributed by atoms with Gasteiger partial charge < -0.3 is 10.4 Å². The summed E-state index contributed by atoms with van der Waals surface area (Å²) in [7, 11) is 0. The molecule has 2 N–H and O–H groups in total. The van der Waals surface area contributed by atoms with E-state index in [9.17, 15) is 14.4 Å². The summed E-state index contributed by atoms with van der Waals surface area (Å²) in [6, 6.07) is 0. The third-order valence-corrected chi connectivity index (χ3v) is 2.87. The Labute approximate surface area is 92.6 Å². The van der Waals surface area contributed by atoms with Crippen LogP contribution < -0.4 is 5.32 Å². The maximum atomic E-state index is 11.1. The van der Waals surface area contributed by atoms with E-state index in [0.717, 1.165) is 11.8 Å². The number of nitrogens with one attached hydrogen (secondary N) is 1. The molecule has 0 aliphatic rings. The normalized spacial score (nSPS) is 11.9. The Kier molecular flexibility index (Phi) is 6.77. The van der Waals surface area contributed by atoms with Gasteiger partial charge in [0, 0.05) is 18.7 Å². The van der Waals surface area contributed by atoms with Gasteiger partial charge in [0.05, 0.1) is 0 Å². The zero-order valence-corrected chi connectivity index (χ0v) is 9.60. The second-order valence-corrected chi connectivity index (χ2v) is 4.39. The molecule has 0 aliphatic carbocycles. The fourth-order valence-corrected chi connectivity index (χ4v) is 1.79. The highest BCUT2D eigenvalue weighted by Gasteiger charge is 2.15. The molecule has 15 heavy (non-hydrogen) atoms. The molecule has 6 heteroatoms. The predicted octanol–water partition coefficient (Wildman–Crippen LogP) is 0.636. The van der Waals surface area contributed by atoms with Gasteiger partial charge >= 0.3 is 5.97 Å². The van der Waals surface area contributed by atoms with Crippen molar-refractivity contribution in [3.05, 3.63) is 0 Å². The van der Waals surface area contributed by atoms with Gasteiger partial charge in [-0.2, -0.15) is 0 Å². The van der Waals surface area contributed by atoms with Gasteiger partial charge in [-0.3, -0.25) is 14.4 Å². The summed E-state index contributed by atoms with van der Waals surface area (Å²) in [6.07, 6.45) is 0.234. The van der Waals surface area contributed by atoms with E-state index in [1.165, 1.54) is 6.92 Å². The number of amides is 1. The van der Waals surface area contributed by atoms with E-state index in [1.807, 2.05) is 6.92 Å². The smallest absolute Gasteiger partial charge is 0.311 e. The van der Waals surface area contributed by atoms with Crippen molar-refractivity contribution in [3.8, 4) is 0 Å². The van der Waals surface area contributed by atoms with E-state index in [0.29, 0.717) is 13.0 Å². The quantitative estimate of drug-likeness (QED) is 0.658. The van der Waals surface area contributed by atoms with Crippen LogP contribution in [-0.4, -0.2) is 33.9 Å². The Morgan fingerprint density at radius 1 is 1.40 bits per heavy atom. The van der Waals surface area contributed by atoms with Gasteiger partial charge in [0.15, 0.2) is 5.12 Å². The molecule has 0 radical (unpaired) electrons. The number of hydrogen-bond acceptors (Lipinski definition) is 4.